The molecule has 0 fully saturated rings. The van der Waals surface area contributed by atoms with Crippen molar-refractivity contribution < 1.29 is 4.42 Å². The molecule has 90 valence electrons. The molecule has 0 spiro atoms. The van der Waals surface area contributed by atoms with Gasteiger partial charge in [0, 0.05) is 26.2 Å². The Morgan fingerprint density at radius 2 is 2.24 bits per heavy atom. The molecule has 0 saturated heterocycles. The maximum atomic E-state index is 5.45. The zero-order valence-corrected chi connectivity index (χ0v) is 9.71. The molecule has 0 unspecified atom stereocenters. The highest BCUT2D eigenvalue weighted by atomic mass is 16.4. The molecule has 2 N–H and O–H groups in total. The zero-order valence-electron chi connectivity index (χ0n) is 9.71. The minimum absolute atomic E-state index is 0.485. The van der Waals surface area contributed by atoms with Gasteiger partial charge in [0.1, 0.15) is 0 Å². The molecule has 0 aliphatic heterocycles. The summed E-state index contributed by atoms with van der Waals surface area (Å²) in [6.07, 6.45) is 2.36. The predicted octanol–water partition coefficient (Wildman–Crippen LogP) is 0.602. The van der Waals surface area contributed by atoms with Crippen LogP contribution in [0.2, 0.25) is 0 Å². The molecule has 2 heterocycles. The van der Waals surface area contributed by atoms with E-state index in [-0.39, 0.29) is 0 Å². The molecule has 0 atom stereocenters. The Kier molecular flexibility index (Phi) is 3.66. The van der Waals surface area contributed by atoms with E-state index in [2.05, 4.69) is 15.2 Å². The Balaban J connectivity index is 2.01. The van der Waals surface area contributed by atoms with Crippen LogP contribution < -0.4 is 10.6 Å². The van der Waals surface area contributed by atoms with Gasteiger partial charge in [-0.3, -0.25) is 4.98 Å². The molecule has 6 heteroatoms. The standard InChI is InChI=1S/C11H15N5O/c1-16(8-9-4-2-3-7-13-9)11-15-14-10(17-11)5-6-12/h2-4,7H,5-6,8,12H2,1H3. The number of aromatic nitrogens is 3. The lowest BCUT2D eigenvalue weighted by atomic mass is 10.3. The highest BCUT2D eigenvalue weighted by Gasteiger charge is 2.10. The average Bonchev–Trinajstić information content (AvgIpc) is 2.79. The molecule has 0 amide bonds. The largest absolute Gasteiger partial charge is 0.408 e. The van der Waals surface area contributed by atoms with Crippen LogP contribution in [0.1, 0.15) is 11.6 Å². The van der Waals surface area contributed by atoms with Crippen LogP contribution >= 0.6 is 0 Å². The van der Waals surface area contributed by atoms with E-state index in [0.717, 1.165) is 5.69 Å². The van der Waals surface area contributed by atoms with Gasteiger partial charge >= 0.3 is 6.01 Å². The number of hydrogen-bond acceptors (Lipinski definition) is 6. The van der Waals surface area contributed by atoms with Crippen molar-refractivity contribution in [2.45, 2.75) is 13.0 Å². The van der Waals surface area contributed by atoms with Crippen molar-refractivity contribution >= 4 is 6.01 Å². The SMILES string of the molecule is CN(Cc1ccccn1)c1nnc(CCN)o1. The number of nitrogens with two attached hydrogens (primary N) is 1. The Labute approximate surface area is 99.5 Å². The Hall–Kier alpha value is -1.95. The monoisotopic (exact) mass is 233 g/mol. The molecule has 0 aliphatic rings. The molecule has 2 aromatic rings. The van der Waals surface area contributed by atoms with Crippen LogP contribution in [0.4, 0.5) is 6.01 Å². The second kappa shape index (κ2) is 5.40. The van der Waals surface area contributed by atoms with Crippen molar-refractivity contribution in [1.29, 1.82) is 0 Å². The lowest BCUT2D eigenvalue weighted by Gasteiger charge is -2.12. The lowest BCUT2D eigenvalue weighted by molar-refractivity contribution is 0.489. The fraction of sp³-hybridized carbons (Fsp3) is 0.364. The Morgan fingerprint density at radius 1 is 1.35 bits per heavy atom. The normalized spacial score (nSPS) is 10.5. The summed E-state index contributed by atoms with van der Waals surface area (Å²) in [6.45, 7) is 1.14. The van der Waals surface area contributed by atoms with Gasteiger partial charge < -0.3 is 15.1 Å². The van der Waals surface area contributed by atoms with Crippen molar-refractivity contribution in [3.63, 3.8) is 0 Å². The van der Waals surface area contributed by atoms with E-state index < -0.39 is 0 Å². The third-order valence-electron chi connectivity index (χ3n) is 2.27. The van der Waals surface area contributed by atoms with E-state index in [1.165, 1.54) is 0 Å². The summed E-state index contributed by atoms with van der Waals surface area (Å²) in [5.74, 6) is 0.565. The Bertz CT molecular complexity index is 456. The summed E-state index contributed by atoms with van der Waals surface area (Å²) >= 11 is 0. The number of nitrogens with zero attached hydrogens (tertiary/aromatic N) is 4. The molecule has 0 bridgehead atoms. The van der Waals surface area contributed by atoms with Crippen molar-refractivity contribution in [2.75, 3.05) is 18.5 Å². The first kappa shape index (κ1) is 11.5. The minimum atomic E-state index is 0.485. The maximum absolute atomic E-state index is 5.45. The summed E-state index contributed by atoms with van der Waals surface area (Å²) in [6, 6.07) is 6.27. The molecule has 6 nitrogen and oxygen atoms in total. The van der Waals surface area contributed by atoms with Crippen molar-refractivity contribution in [2.24, 2.45) is 5.73 Å². The predicted molar refractivity (Wildman–Crippen MR) is 63.4 cm³/mol. The van der Waals surface area contributed by atoms with Gasteiger partial charge in [-0.25, -0.2) is 0 Å². The van der Waals surface area contributed by atoms with Gasteiger partial charge in [-0.15, -0.1) is 5.10 Å². The molecule has 0 aliphatic carbocycles. The molecule has 0 aromatic carbocycles. The highest BCUT2D eigenvalue weighted by Crippen LogP contribution is 2.12. The van der Waals surface area contributed by atoms with Crippen LogP contribution in [0.3, 0.4) is 0 Å². The van der Waals surface area contributed by atoms with Crippen LogP contribution in [-0.4, -0.2) is 28.8 Å². The third kappa shape index (κ3) is 3.01. The van der Waals surface area contributed by atoms with Gasteiger partial charge in [-0.1, -0.05) is 11.2 Å². The summed E-state index contributed by atoms with van der Waals surface area (Å²) < 4.78 is 5.45. The summed E-state index contributed by atoms with van der Waals surface area (Å²) in [4.78, 5) is 6.09. The highest BCUT2D eigenvalue weighted by molar-refractivity contribution is 5.24. The quantitative estimate of drug-likeness (QED) is 0.814. The fourth-order valence-corrected chi connectivity index (χ4v) is 1.43. The molecular formula is C11H15N5O. The van der Waals surface area contributed by atoms with Crippen LogP contribution in [0.15, 0.2) is 28.8 Å². The molecule has 0 radical (unpaired) electrons. The summed E-state index contributed by atoms with van der Waals surface area (Å²) in [5.41, 5.74) is 6.37. The van der Waals surface area contributed by atoms with Gasteiger partial charge in [-0.05, 0) is 12.1 Å². The van der Waals surface area contributed by atoms with Crippen LogP contribution in [0.5, 0.6) is 0 Å². The first-order valence-corrected chi connectivity index (χ1v) is 5.43. The van der Waals surface area contributed by atoms with E-state index in [1.54, 1.807) is 6.20 Å². The van der Waals surface area contributed by atoms with Crippen molar-refractivity contribution in [3.8, 4) is 0 Å². The van der Waals surface area contributed by atoms with Gasteiger partial charge in [0.05, 0.1) is 12.2 Å². The van der Waals surface area contributed by atoms with E-state index >= 15 is 0 Å². The zero-order chi connectivity index (χ0) is 12.1. The number of rotatable bonds is 5. The molecule has 2 aromatic heterocycles. The Morgan fingerprint density at radius 3 is 2.94 bits per heavy atom. The molecular weight excluding hydrogens is 218 g/mol. The topological polar surface area (TPSA) is 81.1 Å². The smallest absolute Gasteiger partial charge is 0.318 e. The van der Waals surface area contributed by atoms with Gasteiger partial charge in [0.2, 0.25) is 5.89 Å². The second-order valence-corrected chi connectivity index (χ2v) is 3.69. The third-order valence-corrected chi connectivity index (χ3v) is 2.27. The van der Waals surface area contributed by atoms with Crippen LogP contribution in [0, 0.1) is 0 Å². The number of anilines is 1. The molecule has 2 rings (SSSR count). The van der Waals surface area contributed by atoms with E-state index in [9.17, 15) is 0 Å². The van der Waals surface area contributed by atoms with E-state index in [4.69, 9.17) is 10.2 Å². The number of pyridine rings is 1. The first-order valence-electron chi connectivity index (χ1n) is 5.43. The van der Waals surface area contributed by atoms with Crippen molar-refractivity contribution in [1.82, 2.24) is 15.2 Å². The maximum Gasteiger partial charge on any atom is 0.318 e. The number of hydrogen-bond donors (Lipinski definition) is 1. The van der Waals surface area contributed by atoms with Gasteiger partial charge in [0.15, 0.2) is 0 Å². The average molecular weight is 233 g/mol. The van der Waals surface area contributed by atoms with Gasteiger partial charge in [0.25, 0.3) is 0 Å². The minimum Gasteiger partial charge on any atom is -0.408 e. The lowest BCUT2D eigenvalue weighted by Crippen LogP contribution is -2.17. The van der Waals surface area contributed by atoms with Gasteiger partial charge in [-0.2, -0.15) is 0 Å². The second-order valence-electron chi connectivity index (χ2n) is 3.69. The van der Waals surface area contributed by atoms with Crippen LogP contribution in [0.25, 0.3) is 0 Å². The fourth-order valence-electron chi connectivity index (χ4n) is 1.43. The summed E-state index contributed by atoms with van der Waals surface area (Å²) in [5, 5.41) is 7.87. The molecule has 0 saturated carbocycles. The van der Waals surface area contributed by atoms with E-state index in [1.807, 2.05) is 30.1 Å². The van der Waals surface area contributed by atoms with Crippen LogP contribution in [-0.2, 0) is 13.0 Å². The summed E-state index contributed by atoms with van der Waals surface area (Å²) in [7, 11) is 1.88. The first-order chi connectivity index (χ1) is 8.29. The van der Waals surface area contributed by atoms with E-state index in [0.29, 0.717) is 31.4 Å². The van der Waals surface area contributed by atoms with Crippen molar-refractivity contribution in [3.05, 3.63) is 36.0 Å². The molecule has 17 heavy (non-hydrogen) atoms.